The molecule has 0 spiro atoms. The van der Waals surface area contributed by atoms with Gasteiger partial charge < -0.3 is 4.18 Å². The van der Waals surface area contributed by atoms with Crippen molar-refractivity contribution in [3.05, 3.63) is 95.1 Å². The maximum Gasteiger partial charge on any atom is 0.341 e. The SMILES string of the molecule is Cc1ccc(-n2nc(-c3ccccc3)cc2OS(=O)(=O)c2c(C)cc(C)cc2C)cc1. The van der Waals surface area contributed by atoms with Crippen molar-refractivity contribution >= 4 is 10.1 Å². The zero-order valence-corrected chi connectivity index (χ0v) is 18.8. The second-order valence-corrected chi connectivity index (χ2v) is 9.23. The molecule has 4 aromatic rings. The van der Waals surface area contributed by atoms with Crippen molar-refractivity contribution in [3.63, 3.8) is 0 Å². The minimum Gasteiger partial charge on any atom is -0.358 e. The first kappa shape index (κ1) is 20.9. The molecule has 0 fully saturated rings. The summed E-state index contributed by atoms with van der Waals surface area (Å²) in [5.74, 6) is 0.141. The van der Waals surface area contributed by atoms with Crippen molar-refractivity contribution in [2.45, 2.75) is 32.6 Å². The van der Waals surface area contributed by atoms with E-state index in [0.29, 0.717) is 16.8 Å². The molecule has 0 saturated heterocycles. The van der Waals surface area contributed by atoms with Crippen LogP contribution < -0.4 is 4.18 Å². The van der Waals surface area contributed by atoms with E-state index in [1.807, 2.05) is 80.6 Å². The van der Waals surface area contributed by atoms with Gasteiger partial charge in [0.15, 0.2) is 0 Å². The second-order valence-electron chi connectivity index (χ2n) is 7.75. The van der Waals surface area contributed by atoms with Crippen molar-refractivity contribution in [1.82, 2.24) is 9.78 Å². The monoisotopic (exact) mass is 432 g/mol. The van der Waals surface area contributed by atoms with Crippen LogP contribution in [0.25, 0.3) is 16.9 Å². The molecule has 0 radical (unpaired) electrons. The van der Waals surface area contributed by atoms with Gasteiger partial charge in [-0.2, -0.15) is 18.2 Å². The quantitative estimate of drug-likeness (QED) is 0.389. The summed E-state index contributed by atoms with van der Waals surface area (Å²) < 4.78 is 33.8. The molecule has 5 nitrogen and oxygen atoms in total. The lowest BCUT2D eigenvalue weighted by Gasteiger charge is -2.13. The molecule has 1 heterocycles. The van der Waals surface area contributed by atoms with Crippen LogP contribution in [0.2, 0.25) is 0 Å². The molecule has 1 aromatic heterocycles. The molecule has 0 unspecified atom stereocenters. The van der Waals surface area contributed by atoms with E-state index >= 15 is 0 Å². The van der Waals surface area contributed by atoms with Gasteiger partial charge in [0.05, 0.1) is 11.4 Å². The Morgan fingerprint density at radius 2 is 1.39 bits per heavy atom. The highest BCUT2D eigenvalue weighted by Gasteiger charge is 2.25. The summed E-state index contributed by atoms with van der Waals surface area (Å²) in [6.45, 7) is 7.49. The molecule has 0 aliphatic rings. The minimum absolute atomic E-state index is 0.141. The highest BCUT2D eigenvalue weighted by Crippen LogP contribution is 2.30. The van der Waals surface area contributed by atoms with E-state index in [0.717, 1.165) is 22.4 Å². The number of aromatic nitrogens is 2. The van der Waals surface area contributed by atoms with Gasteiger partial charge in [-0.3, -0.25) is 0 Å². The third-order valence-electron chi connectivity index (χ3n) is 5.07. The van der Waals surface area contributed by atoms with Crippen LogP contribution in [0, 0.1) is 27.7 Å². The van der Waals surface area contributed by atoms with E-state index in [9.17, 15) is 8.42 Å². The van der Waals surface area contributed by atoms with Crippen LogP contribution in [-0.2, 0) is 10.1 Å². The zero-order valence-electron chi connectivity index (χ0n) is 18.0. The Bertz CT molecular complexity index is 1320. The molecule has 0 atom stereocenters. The summed E-state index contributed by atoms with van der Waals surface area (Å²) in [5.41, 5.74) is 5.63. The number of hydrogen-bond donors (Lipinski definition) is 0. The normalized spacial score (nSPS) is 11.5. The fourth-order valence-electron chi connectivity index (χ4n) is 3.76. The van der Waals surface area contributed by atoms with Crippen LogP contribution in [0.5, 0.6) is 5.88 Å². The molecule has 0 N–H and O–H groups in total. The molecule has 0 aliphatic carbocycles. The number of rotatable bonds is 5. The first-order chi connectivity index (χ1) is 14.7. The van der Waals surface area contributed by atoms with Crippen molar-refractivity contribution in [2.24, 2.45) is 0 Å². The van der Waals surface area contributed by atoms with E-state index in [1.165, 1.54) is 4.68 Å². The molecule has 0 saturated carbocycles. The standard InChI is InChI=1S/C25H24N2O3S/c1-17-10-12-22(13-11-17)27-24(16-23(26-27)21-8-6-5-7-9-21)30-31(28,29)25-19(3)14-18(2)15-20(25)4/h5-16H,1-4H3. The fraction of sp³-hybridized carbons (Fsp3) is 0.160. The molecule has 158 valence electrons. The van der Waals surface area contributed by atoms with Crippen molar-refractivity contribution < 1.29 is 12.6 Å². The fourth-order valence-corrected chi connectivity index (χ4v) is 5.09. The first-order valence-corrected chi connectivity index (χ1v) is 11.4. The van der Waals surface area contributed by atoms with Gasteiger partial charge in [0, 0.05) is 11.6 Å². The molecule has 0 bridgehead atoms. The van der Waals surface area contributed by atoms with E-state index in [2.05, 4.69) is 5.10 Å². The number of benzene rings is 3. The minimum atomic E-state index is -4.06. The Morgan fingerprint density at radius 3 is 2.00 bits per heavy atom. The zero-order chi connectivity index (χ0) is 22.2. The molecule has 6 heteroatoms. The van der Waals surface area contributed by atoms with Crippen molar-refractivity contribution in [1.29, 1.82) is 0 Å². The Hall–Kier alpha value is -3.38. The number of hydrogen-bond acceptors (Lipinski definition) is 4. The summed E-state index contributed by atoms with van der Waals surface area (Å²) in [5, 5.41) is 4.64. The highest BCUT2D eigenvalue weighted by atomic mass is 32.2. The topological polar surface area (TPSA) is 61.2 Å². The Balaban J connectivity index is 1.84. The van der Waals surface area contributed by atoms with Crippen molar-refractivity contribution in [2.75, 3.05) is 0 Å². The van der Waals surface area contributed by atoms with Crippen LogP contribution in [0.1, 0.15) is 22.3 Å². The third-order valence-corrected chi connectivity index (χ3v) is 6.61. The summed E-state index contributed by atoms with van der Waals surface area (Å²) in [4.78, 5) is 0.191. The average molecular weight is 433 g/mol. The molecule has 3 aromatic carbocycles. The lowest BCUT2D eigenvalue weighted by atomic mass is 10.1. The van der Waals surface area contributed by atoms with Gasteiger partial charge in [-0.1, -0.05) is 65.7 Å². The Labute approximate surface area is 183 Å². The summed E-state index contributed by atoms with van der Waals surface area (Å²) >= 11 is 0. The van der Waals surface area contributed by atoms with Crippen LogP contribution in [-0.4, -0.2) is 18.2 Å². The smallest absolute Gasteiger partial charge is 0.341 e. The van der Waals surface area contributed by atoms with E-state index in [4.69, 9.17) is 4.18 Å². The summed E-state index contributed by atoms with van der Waals surface area (Å²) in [6.07, 6.45) is 0. The molecule has 0 aliphatic heterocycles. The van der Waals surface area contributed by atoms with Gasteiger partial charge in [0.2, 0.25) is 5.88 Å². The molecule has 4 rings (SSSR count). The van der Waals surface area contributed by atoms with Crippen molar-refractivity contribution in [3.8, 4) is 22.8 Å². The predicted molar refractivity (Wildman–Crippen MR) is 122 cm³/mol. The van der Waals surface area contributed by atoms with Crippen LogP contribution in [0.15, 0.2) is 77.7 Å². The van der Waals surface area contributed by atoms with Crippen LogP contribution >= 0.6 is 0 Å². The number of nitrogens with zero attached hydrogens (tertiary/aromatic N) is 2. The van der Waals surface area contributed by atoms with Gasteiger partial charge in [-0.25, -0.2) is 0 Å². The molecular formula is C25H24N2O3S. The molecule has 0 amide bonds. The summed E-state index contributed by atoms with van der Waals surface area (Å²) in [6, 6.07) is 22.6. The van der Waals surface area contributed by atoms with Gasteiger partial charge in [-0.15, -0.1) is 0 Å². The van der Waals surface area contributed by atoms with E-state index < -0.39 is 10.1 Å². The lowest BCUT2D eigenvalue weighted by Crippen LogP contribution is -2.15. The Kier molecular flexibility index (Phi) is 5.41. The summed E-state index contributed by atoms with van der Waals surface area (Å²) in [7, 11) is -4.06. The highest BCUT2D eigenvalue weighted by molar-refractivity contribution is 7.87. The largest absolute Gasteiger partial charge is 0.358 e. The molecular weight excluding hydrogens is 408 g/mol. The van der Waals surface area contributed by atoms with Crippen LogP contribution in [0.4, 0.5) is 0 Å². The van der Waals surface area contributed by atoms with Gasteiger partial charge in [0.1, 0.15) is 4.90 Å². The average Bonchev–Trinajstić information content (AvgIpc) is 3.11. The maximum atomic E-state index is 13.3. The van der Waals surface area contributed by atoms with Gasteiger partial charge in [-0.05, 0) is 51.0 Å². The van der Waals surface area contributed by atoms with E-state index in [1.54, 1.807) is 19.9 Å². The number of aryl methyl sites for hydroxylation is 4. The van der Waals surface area contributed by atoms with Crippen LogP contribution in [0.3, 0.4) is 0 Å². The second kappa shape index (κ2) is 8.04. The van der Waals surface area contributed by atoms with E-state index in [-0.39, 0.29) is 10.8 Å². The predicted octanol–water partition coefficient (Wildman–Crippen LogP) is 5.54. The first-order valence-electron chi connectivity index (χ1n) is 9.99. The molecule has 31 heavy (non-hydrogen) atoms. The Morgan fingerprint density at radius 1 is 0.774 bits per heavy atom. The van der Waals surface area contributed by atoms with Gasteiger partial charge in [0.25, 0.3) is 0 Å². The maximum absolute atomic E-state index is 13.3. The third kappa shape index (κ3) is 4.25. The lowest BCUT2D eigenvalue weighted by molar-refractivity contribution is 0.464. The van der Waals surface area contributed by atoms with Gasteiger partial charge >= 0.3 is 10.1 Å².